The number of para-hydroxylation sites is 1. The van der Waals surface area contributed by atoms with Gasteiger partial charge in [0.25, 0.3) is 0 Å². The molecule has 0 aliphatic carbocycles. The second-order valence-electron chi connectivity index (χ2n) is 5.01. The summed E-state index contributed by atoms with van der Waals surface area (Å²) < 4.78 is 7.34. The normalized spacial score (nSPS) is 11.3. The molecule has 0 aliphatic heterocycles. The Hall–Kier alpha value is -2.89. The quantitative estimate of drug-likeness (QED) is 0.626. The molecule has 4 aromatic rings. The van der Waals surface area contributed by atoms with Gasteiger partial charge in [0.15, 0.2) is 5.65 Å². The number of hydrogen-bond donors (Lipinski definition) is 1. The second-order valence-corrected chi connectivity index (χ2v) is 5.01. The van der Waals surface area contributed by atoms with Gasteiger partial charge in [-0.3, -0.25) is 0 Å². The second kappa shape index (κ2) is 5.14. The Labute approximate surface area is 126 Å². The molecule has 0 aliphatic rings. The van der Waals surface area contributed by atoms with Crippen LogP contribution in [0.4, 0.5) is 5.95 Å². The first-order valence-electron chi connectivity index (χ1n) is 7.26. The Morgan fingerprint density at radius 3 is 2.86 bits per heavy atom. The van der Waals surface area contributed by atoms with Crippen molar-refractivity contribution in [3.8, 4) is 0 Å². The van der Waals surface area contributed by atoms with Gasteiger partial charge < -0.3 is 9.73 Å². The Bertz CT molecular complexity index is 926. The Morgan fingerprint density at radius 1 is 1.14 bits per heavy atom. The molecule has 6 heteroatoms. The van der Waals surface area contributed by atoms with Crippen molar-refractivity contribution in [3.05, 3.63) is 54.2 Å². The summed E-state index contributed by atoms with van der Waals surface area (Å²) in [5, 5.41) is 12.9. The van der Waals surface area contributed by atoms with Crippen LogP contribution in [0, 0.1) is 0 Å². The van der Waals surface area contributed by atoms with Gasteiger partial charge in [-0.2, -0.15) is 0 Å². The van der Waals surface area contributed by atoms with Crippen LogP contribution in [0.2, 0.25) is 0 Å². The maximum absolute atomic E-state index is 5.36. The van der Waals surface area contributed by atoms with Crippen LogP contribution in [-0.2, 0) is 13.0 Å². The van der Waals surface area contributed by atoms with E-state index in [2.05, 4.69) is 22.4 Å². The molecule has 4 rings (SSSR count). The number of anilines is 1. The molecule has 0 unspecified atom stereocenters. The zero-order valence-corrected chi connectivity index (χ0v) is 12.2. The smallest absolute Gasteiger partial charge is 0.211 e. The molecule has 0 atom stereocenters. The molecular formula is C16H15N5O. The van der Waals surface area contributed by atoms with Gasteiger partial charge in [-0.1, -0.05) is 19.1 Å². The van der Waals surface area contributed by atoms with Gasteiger partial charge in [0.05, 0.1) is 18.3 Å². The third kappa shape index (κ3) is 2.00. The van der Waals surface area contributed by atoms with Gasteiger partial charge in [0.2, 0.25) is 5.95 Å². The summed E-state index contributed by atoms with van der Waals surface area (Å²) in [6.45, 7) is 2.62. The van der Waals surface area contributed by atoms with E-state index in [9.17, 15) is 0 Å². The maximum Gasteiger partial charge on any atom is 0.211 e. The molecule has 22 heavy (non-hydrogen) atoms. The molecule has 0 bridgehead atoms. The molecular weight excluding hydrogens is 278 g/mol. The molecule has 0 amide bonds. The number of hydrogen-bond acceptors (Lipinski definition) is 5. The van der Waals surface area contributed by atoms with Gasteiger partial charge in [-0.25, -0.2) is 9.38 Å². The molecule has 3 heterocycles. The molecule has 0 saturated heterocycles. The lowest BCUT2D eigenvalue weighted by Crippen LogP contribution is -2.08. The summed E-state index contributed by atoms with van der Waals surface area (Å²) in [5.41, 5.74) is 1.72. The Balaban J connectivity index is 1.88. The summed E-state index contributed by atoms with van der Waals surface area (Å²) in [4.78, 5) is 4.71. The number of furan rings is 1. The van der Waals surface area contributed by atoms with Gasteiger partial charge in [0, 0.05) is 11.8 Å². The van der Waals surface area contributed by atoms with Crippen molar-refractivity contribution in [1.29, 1.82) is 0 Å². The highest BCUT2D eigenvalue weighted by molar-refractivity contribution is 5.92. The topological polar surface area (TPSA) is 68.2 Å². The largest absolute Gasteiger partial charge is 0.467 e. The van der Waals surface area contributed by atoms with Crippen molar-refractivity contribution in [2.45, 2.75) is 19.9 Å². The van der Waals surface area contributed by atoms with Gasteiger partial charge in [0.1, 0.15) is 11.6 Å². The van der Waals surface area contributed by atoms with Crippen LogP contribution in [-0.4, -0.2) is 19.6 Å². The van der Waals surface area contributed by atoms with Gasteiger partial charge in [-0.15, -0.1) is 10.2 Å². The molecule has 6 nitrogen and oxygen atoms in total. The van der Waals surface area contributed by atoms with Crippen molar-refractivity contribution in [1.82, 2.24) is 19.6 Å². The molecule has 0 saturated carbocycles. The van der Waals surface area contributed by atoms with Crippen LogP contribution in [0.25, 0.3) is 16.6 Å². The van der Waals surface area contributed by atoms with Gasteiger partial charge in [-0.05, 0) is 24.3 Å². The minimum atomic E-state index is 0.564. The Kier molecular flexibility index (Phi) is 3.00. The van der Waals surface area contributed by atoms with Crippen LogP contribution in [0.5, 0.6) is 0 Å². The fraction of sp³-hybridized carbons (Fsp3) is 0.188. The number of nitrogens with one attached hydrogen (secondary N) is 1. The minimum Gasteiger partial charge on any atom is -0.467 e. The lowest BCUT2D eigenvalue weighted by molar-refractivity contribution is 0.517. The van der Waals surface area contributed by atoms with Crippen LogP contribution in [0.15, 0.2) is 47.1 Å². The fourth-order valence-electron chi connectivity index (χ4n) is 2.56. The lowest BCUT2D eigenvalue weighted by atomic mass is 10.2. The van der Waals surface area contributed by atoms with Crippen LogP contribution in [0.3, 0.4) is 0 Å². The van der Waals surface area contributed by atoms with Crippen molar-refractivity contribution in [2.75, 3.05) is 5.32 Å². The predicted octanol–water partition coefficient (Wildman–Crippen LogP) is 3.05. The van der Waals surface area contributed by atoms with Crippen LogP contribution < -0.4 is 5.32 Å². The van der Waals surface area contributed by atoms with E-state index in [4.69, 9.17) is 9.40 Å². The fourth-order valence-corrected chi connectivity index (χ4v) is 2.56. The van der Waals surface area contributed by atoms with E-state index in [1.807, 2.05) is 40.8 Å². The standard InChI is InChI=1S/C16H15N5O/c1-2-14-19-20-15-12-7-3-4-8-13(12)18-16(21(14)15)17-10-11-6-5-9-22-11/h3-9H,2,10H2,1H3,(H,17,18). The first-order valence-corrected chi connectivity index (χ1v) is 7.26. The SMILES string of the molecule is CCc1nnc2c3ccccc3nc(NCc3ccco3)n12. The molecule has 0 spiro atoms. The van der Waals surface area contributed by atoms with Crippen molar-refractivity contribution in [3.63, 3.8) is 0 Å². The summed E-state index contributed by atoms with van der Waals surface area (Å²) in [5.74, 6) is 2.47. The monoisotopic (exact) mass is 293 g/mol. The summed E-state index contributed by atoms with van der Waals surface area (Å²) >= 11 is 0. The molecule has 0 radical (unpaired) electrons. The molecule has 1 aromatic carbocycles. The third-order valence-electron chi connectivity index (χ3n) is 3.63. The van der Waals surface area contributed by atoms with E-state index in [0.717, 1.165) is 40.5 Å². The number of aromatic nitrogens is 4. The lowest BCUT2D eigenvalue weighted by Gasteiger charge is -2.10. The minimum absolute atomic E-state index is 0.564. The molecule has 110 valence electrons. The average molecular weight is 293 g/mol. The van der Waals surface area contributed by atoms with E-state index in [1.165, 1.54) is 0 Å². The number of benzene rings is 1. The summed E-state index contributed by atoms with van der Waals surface area (Å²) in [7, 11) is 0. The third-order valence-corrected chi connectivity index (χ3v) is 3.63. The summed E-state index contributed by atoms with van der Waals surface area (Å²) in [6.07, 6.45) is 2.45. The first kappa shape index (κ1) is 12.8. The Morgan fingerprint density at radius 2 is 2.05 bits per heavy atom. The molecule has 1 N–H and O–H groups in total. The van der Waals surface area contributed by atoms with E-state index < -0.39 is 0 Å². The molecule has 0 fully saturated rings. The number of rotatable bonds is 4. The van der Waals surface area contributed by atoms with Crippen molar-refractivity contribution in [2.24, 2.45) is 0 Å². The van der Waals surface area contributed by atoms with Crippen molar-refractivity contribution >= 4 is 22.5 Å². The van der Waals surface area contributed by atoms with Crippen LogP contribution in [0.1, 0.15) is 18.5 Å². The predicted molar refractivity (Wildman–Crippen MR) is 83.7 cm³/mol. The number of fused-ring (bicyclic) bond motifs is 3. The highest BCUT2D eigenvalue weighted by Gasteiger charge is 2.13. The summed E-state index contributed by atoms with van der Waals surface area (Å²) in [6, 6.07) is 11.8. The van der Waals surface area contributed by atoms with E-state index in [-0.39, 0.29) is 0 Å². The maximum atomic E-state index is 5.36. The molecule has 3 aromatic heterocycles. The number of nitrogens with zero attached hydrogens (tertiary/aromatic N) is 4. The zero-order valence-electron chi connectivity index (χ0n) is 12.2. The first-order chi connectivity index (χ1) is 10.9. The van der Waals surface area contributed by atoms with E-state index in [1.54, 1.807) is 6.26 Å². The zero-order chi connectivity index (χ0) is 14.9. The highest BCUT2D eigenvalue weighted by Crippen LogP contribution is 2.22. The van der Waals surface area contributed by atoms with E-state index >= 15 is 0 Å². The van der Waals surface area contributed by atoms with Gasteiger partial charge >= 0.3 is 0 Å². The van der Waals surface area contributed by atoms with Crippen molar-refractivity contribution < 1.29 is 4.42 Å². The van der Waals surface area contributed by atoms with Crippen LogP contribution >= 0.6 is 0 Å². The average Bonchev–Trinajstić information content (AvgIpc) is 3.22. The highest BCUT2D eigenvalue weighted by atomic mass is 16.3. The van der Waals surface area contributed by atoms with E-state index in [0.29, 0.717) is 6.54 Å². The number of aryl methyl sites for hydroxylation is 1.